The van der Waals surface area contributed by atoms with Gasteiger partial charge in [0.05, 0.1) is 25.3 Å². The van der Waals surface area contributed by atoms with Crippen LogP contribution in [0.4, 0.5) is 0 Å². The number of ether oxygens (including phenoxy) is 4. The molecule has 1 aromatic heterocycles. The molecule has 0 fully saturated rings. The summed E-state index contributed by atoms with van der Waals surface area (Å²) >= 11 is 0. The van der Waals surface area contributed by atoms with E-state index in [4.69, 9.17) is 18.9 Å². The van der Waals surface area contributed by atoms with Crippen LogP contribution in [0.5, 0.6) is 5.75 Å². The van der Waals surface area contributed by atoms with Gasteiger partial charge >= 0.3 is 17.9 Å². The third-order valence-corrected chi connectivity index (χ3v) is 4.49. The van der Waals surface area contributed by atoms with Crippen LogP contribution in [-0.4, -0.2) is 48.9 Å². The van der Waals surface area contributed by atoms with Crippen LogP contribution in [0.25, 0.3) is 10.9 Å². The molecule has 0 spiro atoms. The number of allylic oxidation sites excluding steroid dienone is 1. The summed E-state index contributed by atoms with van der Waals surface area (Å²) in [5.74, 6) is -1.96. The number of fused-ring (bicyclic) bond motifs is 1. The minimum atomic E-state index is -0.731. The first kappa shape index (κ1) is 27.0. The Morgan fingerprint density at radius 1 is 0.829 bits per heavy atom. The summed E-state index contributed by atoms with van der Waals surface area (Å²) < 4.78 is 21.6. The minimum absolute atomic E-state index is 0.0143. The fourth-order valence-corrected chi connectivity index (χ4v) is 3.05. The van der Waals surface area contributed by atoms with Gasteiger partial charge in [0.2, 0.25) is 5.43 Å². The molecule has 0 radical (unpaired) electrons. The highest BCUT2D eigenvalue weighted by atomic mass is 16.5. The lowest BCUT2D eigenvalue weighted by Gasteiger charge is -2.13. The highest BCUT2D eigenvalue weighted by Gasteiger charge is 2.17. The summed E-state index contributed by atoms with van der Waals surface area (Å²) in [4.78, 5) is 61.0. The van der Waals surface area contributed by atoms with Crippen LogP contribution in [0.2, 0.25) is 0 Å². The Kier molecular flexibility index (Phi) is 10.4. The number of hydrogen-bond donors (Lipinski definition) is 0. The molecule has 0 unspecified atom stereocenters. The number of nitrogens with zero attached hydrogens (tertiary/aromatic N) is 1. The molecule has 0 aliphatic heterocycles. The van der Waals surface area contributed by atoms with E-state index >= 15 is 0 Å². The molecule has 2 aromatic rings. The van der Waals surface area contributed by atoms with Crippen LogP contribution in [-0.2, 0) is 30.3 Å². The van der Waals surface area contributed by atoms with Gasteiger partial charge in [0.1, 0.15) is 12.3 Å². The van der Waals surface area contributed by atoms with Gasteiger partial charge in [0.15, 0.2) is 11.2 Å². The fourth-order valence-electron chi connectivity index (χ4n) is 3.05. The molecule has 0 atom stereocenters. The number of hydrogen-bond acceptors (Lipinski definition) is 9. The summed E-state index contributed by atoms with van der Waals surface area (Å²) in [5.41, 5.74) is -0.841. The molecule has 1 heterocycles. The molecule has 1 aromatic carbocycles. The maximum Gasteiger partial charge on any atom is 0.355 e. The second-order valence-electron chi connectivity index (χ2n) is 6.85. The number of rotatable bonds is 11. The second kappa shape index (κ2) is 13.5. The van der Waals surface area contributed by atoms with Gasteiger partial charge in [-0.3, -0.25) is 9.59 Å². The first-order valence-electron chi connectivity index (χ1n) is 11.0. The Morgan fingerprint density at radius 3 is 2.09 bits per heavy atom. The van der Waals surface area contributed by atoms with Crippen LogP contribution >= 0.6 is 0 Å². The molecule has 10 nitrogen and oxygen atoms in total. The minimum Gasteiger partial charge on any atom is -0.485 e. The van der Waals surface area contributed by atoms with E-state index in [0.29, 0.717) is 0 Å². The normalized spacial score (nSPS) is 11.1. The molecule has 0 aliphatic rings. The summed E-state index contributed by atoms with van der Waals surface area (Å²) in [7, 11) is 0. The molecule has 0 saturated carbocycles. The molecule has 0 N–H and O–H groups in total. The Labute approximate surface area is 201 Å². The fraction of sp³-hybridized carbons (Fsp3) is 0.320. The molecule has 10 heteroatoms. The van der Waals surface area contributed by atoms with Gasteiger partial charge in [-0.05, 0) is 45.0 Å². The van der Waals surface area contributed by atoms with E-state index in [-0.39, 0.29) is 55.3 Å². The number of aromatic nitrogens is 1. The van der Waals surface area contributed by atoms with Gasteiger partial charge in [-0.15, -0.1) is 0 Å². The Bertz CT molecular complexity index is 1260. The first-order chi connectivity index (χ1) is 16.8. The molecule has 0 aliphatic carbocycles. The Balaban J connectivity index is 2.54. The van der Waals surface area contributed by atoms with Gasteiger partial charge in [0.25, 0.3) is 0 Å². The largest absolute Gasteiger partial charge is 0.485 e. The van der Waals surface area contributed by atoms with Crippen molar-refractivity contribution in [2.75, 3.05) is 26.4 Å². The summed E-state index contributed by atoms with van der Waals surface area (Å²) in [6.07, 6.45) is 5.22. The van der Waals surface area contributed by atoms with Crippen molar-refractivity contribution >= 4 is 28.8 Å². The van der Waals surface area contributed by atoms with Crippen molar-refractivity contribution < 1.29 is 33.3 Å². The predicted octanol–water partition coefficient (Wildman–Crippen LogP) is 2.16. The van der Waals surface area contributed by atoms with Gasteiger partial charge in [-0.2, -0.15) is 0 Å². The maximum atomic E-state index is 12.9. The Morgan fingerprint density at radius 2 is 1.46 bits per heavy atom. The highest BCUT2D eigenvalue weighted by Crippen LogP contribution is 2.16. The lowest BCUT2D eigenvalue weighted by atomic mass is 10.2. The highest BCUT2D eigenvalue weighted by molar-refractivity contribution is 5.92. The van der Waals surface area contributed by atoms with E-state index in [1.165, 1.54) is 47.1 Å². The lowest BCUT2D eigenvalue weighted by Crippen LogP contribution is -2.19. The zero-order valence-electron chi connectivity index (χ0n) is 19.8. The van der Waals surface area contributed by atoms with E-state index < -0.39 is 28.8 Å². The van der Waals surface area contributed by atoms with Gasteiger partial charge < -0.3 is 23.5 Å². The van der Waals surface area contributed by atoms with E-state index in [2.05, 4.69) is 0 Å². The SMILES string of the molecule is CCOC(=O)/C=C/COc1cc2c(=O)cc(C(=O)OCC)n(C/C=C/C(=O)OCC)c2ccc1=O. The van der Waals surface area contributed by atoms with Crippen molar-refractivity contribution in [1.82, 2.24) is 4.57 Å². The van der Waals surface area contributed by atoms with E-state index in [9.17, 15) is 24.0 Å². The van der Waals surface area contributed by atoms with Crippen molar-refractivity contribution in [3.63, 3.8) is 0 Å². The molecule has 2 rings (SSSR count). The molecular formula is C25H27NO9. The Hall–Kier alpha value is -4.21. The number of carbonyl (C=O) groups excluding carboxylic acids is 3. The van der Waals surface area contributed by atoms with E-state index in [1.54, 1.807) is 20.8 Å². The van der Waals surface area contributed by atoms with Crippen molar-refractivity contribution in [3.8, 4) is 5.75 Å². The average Bonchev–Trinajstić information content (AvgIpc) is 2.98. The van der Waals surface area contributed by atoms with Crippen molar-refractivity contribution in [3.05, 3.63) is 74.7 Å². The van der Waals surface area contributed by atoms with Crippen LogP contribution in [0.15, 0.2) is 58.2 Å². The third-order valence-electron chi connectivity index (χ3n) is 4.49. The quantitative estimate of drug-likeness (QED) is 0.267. The van der Waals surface area contributed by atoms with Crippen molar-refractivity contribution in [2.45, 2.75) is 27.3 Å². The van der Waals surface area contributed by atoms with Crippen LogP contribution in [0.3, 0.4) is 0 Å². The second-order valence-corrected chi connectivity index (χ2v) is 6.85. The molecule has 186 valence electrons. The van der Waals surface area contributed by atoms with Gasteiger partial charge in [-0.25, -0.2) is 14.4 Å². The zero-order chi connectivity index (χ0) is 25.8. The maximum absolute atomic E-state index is 12.9. The number of esters is 3. The topological polar surface area (TPSA) is 127 Å². The third kappa shape index (κ3) is 7.66. The lowest BCUT2D eigenvalue weighted by molar-refractivity contribution is -0.138. The van der Waals surface area contributed by atoms with Gasteiger partial charge in [-0.1, -0.05) is 6.08 Å². The van der Waals surface area contributed by atoms with E-state index in [1.807, 2.05) is 0 Å². The first-order valence-corrected chi connectivity index (χ1v) is 11.0. The van der Waals surface area contributed by atoms with Crippen LogP contribution in [0.1, 0.15) is 31.3 Å². The van der Waals surface area contributed by atoms with Crippen molar-refractivity contribution in [1.29, 1.82) is 0 Å². The average molecular weight is 485 g/mol. The summed E-state index contributed by atoms with van der Waals surface area (Å²) in [6.45, 7) is 5.40. The molecular weight excluding hydrogens is 458 g/mol. The summed E-state index contributed by atoms with van der Waals surface area (Å²) in [6, 6.07) is 4.97. The van der Waals surface area contributed by atoms with Crippen molar-refractivity contribution in [2.24, 2.45) is 0 Å². The van der Waals surface area contributed by atoms with E-state index in [0.717, 1.165) is 6.07 Å². The monoisotopic (exact) mass is 485 g/mol. The predicted molar refractivity (Wildman–Crippen MR) is 127 cm³/mol. The standard InChI is InChI=1S/C25H27NO9/c1-4-32-23(29)9-7-13-26-18-11-12-20(27)22(35-14-8-10-24(30)33-5-2)15-17(18)21(28)16-19(26)25(31)34-6-3/h7-12,15-16H,4-6,13-14H2,1-3H3/b9-7+,10-8+. The molecule has 35 heavy (non-hydrogen) atoms. The zero-order valence-corrected chi connectivity index (χ0v) is 19.8. The van der Waals surface area contributed by atoms with Gasteiger partial charge in [0, 0.05) is 30.1 Å². The van der Waals surface area contributed by atoms with Crippen LogP contribution in [0, 0.1) is 0 Å². The molecule has 0 bridgehead atoms. The number of pyridine rings is 1. The smallest absolute Gasteiger partial charge is 0.355 e. The number of carbonyl (C=O) groups is 3. The molecule has 0 saturated heterocycles. The molecule has 0 amide bonds. The van der Waals surface area contributed by atoms with Crippen LogP contribution < -0.4 is 15.6 Å². The summed E-state index contributed by atoms with van der Waals surface area (Å²) in [5, 5.41) is 0.106.